The highest BCUT2D eigenvalue weighted by Crippen LogP contribution is 2.26. The van der Waals surface area contributed by atoms with Gasteiger partial charge in [0.1, 0.15) is 5.82 Å². The monoisotopic (exact) mass is 272 g/mol. The average Bonchev–Trinajstić information content (AvgIpc) is 2.82. The molecule has 4 nitrogen and oxygen atoms in total. The van der Waals surface area contributed by atoms with E-state index < -0.39 is 0 Å². The molecule has 20 heavy (non-hydrogen) atoms. The van der Waals surface area contributed by atoms with Gasteiger partial charge in [-0.2, -0.15) is 5.10 Å². The van der Waals surface area contributed by atoms with Crippen LogP contribution in [0.3, 0.4) is 0 Å². The standard InChI is InChI=1S/C16H24N4/c1-5-17-12-15-13(3)18-20(16(15)19(4)6-2)14-10-8-7-9-11-14/h7-11,17H,5-6,12H2,1-4H3. The van der Waals surface area contributed by atoms with Crippen LogP contribution in [0.1, 0.15) is 25.1 Å². The van der Waals surface area contributed by atoms with Crippen LogP contribution in [0.5, 0.6) is 0 Å². The average molecular weight is 272 g/mol. The molecule has 0 saturated heterocycles. The summed E-state index contributed by atoms with van der Waals surface area (Å²) in [7, 11) is 2.12. The summed E-state index contributed by atoms with van der Waals surface area (Å²) in [5.41, 5.74) is 3.47. The summed E-state index contributed by atoms with van der Waals surface area (Å²) in [6.45, 7) is 9.14. The second-order valence-corrected chi connectivity index (χ2v) is 4.93. The van der Waals surface area contributed by atoms with Crippen molar-refractivity contribution in [3.05, 3.63) is 41.6 Å². The zero-order valence-electron chi connectivity index (χ0n) is 12.8. The first kappa shape index (κ1) is 14.6. The fraction of sp³-hybridized carbons (Fsp3) is 0.438. The lowest BCUT2D eigenvalue weighted by Gasteiger charge is -2.20. The molecule has 1 aromatic carbocycles. The molecule has 1 aromatic heterocycles. The van der Waals surface area contributed by atoms with Gasteiger partial charge in [0, 0.05) is 25.7 Å². The van der Waals surface area contributed by atoms with E-state index >= 15 is 0 Å². The minimum Gasteiger partial charge on any atom is -0.360 e. The van der Waals surface area contributed by atoms with Crippen molar-refractivity contribution in [2.24, 2.45) is 0 Å². The number of aryl methyl sites for hydroxylation is 1. The Morgan fingerprint density at radius 3 is 2.50 bits per heavy atom. The topological polar surface area (TPSA) is 33.1 Å². The van der Waals surface area contributed by atoms with E-state index in [1.165, 1.54) is 11.4 Å². The van der Waals surface area contributed by atoms with Crippen molar-refractivity contribution in [3.63, 3.8) is 0 Å². The Morgan fingerprint density at radius 1 is 1.20 bits per heavy atom. The summed E-state index contributed by atoms with van der Waals surface area (Å²) in [6, 6.07) is 10.3. The lowest BCUT2D eigenvalue weighted by Crippen LogP contribution is -2.22. The van der Waals surface area contributed by atoms with E-state index in [1.54, 1.807) is 0 Å². The minimum atomic E-state index is 0.856. The first-order valence-corrected chi connectivity index (χ1v) is 7.24. The molecule has 0 fully saturated rings. The Morgan fingerprint density at radius 2 is 1.90 bits per heavy atom. The number of nitrogens with zero attached hydrogens (tertiary/aromatic N) is 3. The molecule has 0 aliphatic heterocycles. The van der Waals surface area contributed by atoms with Gasteiger partial charge in [-0.1, -0.05) is 25.1 Å². The smallest absolute Gasteiger partial charge is 0.136 e. The number of rotatable bonds is 6. The SMILES string of the molecule is CCNCc1c(C)nn(-c2ccccc2)c1N(C)CC. The molecule has 2 rings (SSSR count). The van der Waals surface area contributed by atoms with Crippen LogP contribution in [-0.4, -0.2) is 29.9 Å². The number of hydrogen-bond donors (Lipinski definition) is 1. The first-order chi connectivity index (χ1) is 9.69. The van der Waals surface area contributed by atoms with Gasteiger partial charge in [0.25, 0.3) is 0 Å². The van der Waals surface area contributed by atoms with Crippen LogP contribution < -0.4 is 10.2 Å². The lowest BCUT2D eigenvalue weighted by molar-refractivity contribution is 0.720. The number of benzene rings is 1. The summed E-state index contributed by atoms with van der Waals surface area (Å²) in [5.74, 6) is 1.18. The molecule has 108 valence electrons. The normalized spacial score (nSPS) is 10.8. The highest BCUT2D eigenvalue weighted by molar-refractivity contribution is 5.54. The van der Waals surface area contributed by atoms with Crippen molar-refractivity contribution in [2.45, 2.75) is 27.3 Å². The van der Waals surface area contributed by atoms with Gasteiger partial charge in [0.15, 0.2) is 0 Å². The van der Waals surface area contributed by atoms with Crippen LogP contribution in [0.25, 0.3) is 5.69 Å². The molecule has 0 aliphatic rings. The molecule has 0 spiro atoms. The molecule has 0 unspecified atom stereocenters. The molecule has 0 radical (unpaired) electrons. The molecule has 1 N–H and O–H groups in total. The van der Waals surface area contributed by atoms with E-state index in [0.717, 1.165) is 31.0 Å². The van der Waals surface area contributed by atoms with Crippen molar-refractivity contribution in [3.8, 4) is 5.69 Å². The van der Waals surface area contributed by atoms with E-state index in [9.17, 15) is 0 Å². The van der Waals surface area contributed by atoms with Crippen LogP contribution >= 0.6 is 0 Å². The third kappa shape index (κ3) is 2.85. The molecule has 1 heterocycles. The largest absolute Gasteiger partial charge is 0.360 e. The summed E-state index contributed by atoms with van der Waals surface area (Å²) in [5, 5.41) is 8.15. The quantitative estimate of drug-likeness (QED) is 0.878. The van der Waals surface area contributed by atoms with E-state index in [0.29, 0.717) is 0 Å². The number of hydrogen-bond acceptors (Lipinski definition) is 3. The van der Waals surface area contributed by atoms with Crippen molar-refractivity contribution in [2.75, 3.05) is 25.0 Å². The molecule has 2 aromatic rings. The predicted octanol–water partition coefficient (Wildman–Crippen LogP) is 2.75. The van der Waals surface area contributed by atoms with Gasteiger partial charge in [-0.15, -0.1) is 0 Å². The molecular formula is C16H24N4. The third-order valence-electron chi connectivity index (χ3n) is 3.55. The predicted molar refractivity (Wildman–Crippen MR) is 84.6 cm³/mol. The fourth-order valence-electron chi connectivity index (χ4n) is 2.30. The maximum Gasteiger partial charge on any atom is 0.136 e. The zero-order chi connectivity index (χ0) is 14.5. The van der Waals surface area contributed by atoms with Gasteiger partial charge in [-0.05, 0) is 32.5 Å². The van der Waals surface area contributed by atoms with E-state index in [-0.39, 0.29) is 0 Å². The Labute approximate surface area is 121 Å². The van der Waals surface area contributed by atoms with Crippen molar-refractivity contribution >= 4 is 5.82 Å². The second-order valence-electron chi connectivity index (χ2n) is 4.93. The molecule has 0 aliphatic carbocycles. The minimum absolute atomic E-state index is 0.856. The Bertz CT molecular complexity index is 545. The van der Waals surface area contributed by atoms with Gasteiger partial charge in [0.05, 0.1) is 11.4 Å². The van der Waals surface area contributed by atoms with E-state index in [4.69, 9.17) is 5.10 Å². The molecule has 0 bridgehead atoms. The zero-order valence-corrected chi connectivity index (χ0v) is 12.8. The van der Waals surface area contributed by atoms with Crippen molar-refractivity contribution in [1.29, 1.82) is 0 Å². The molecule has 0 saturated carbocycles. The maximum atomic E-state index is 4.74. The lowest BCUT2D eigenvalue weighted by atomic mass is 10.2. The van der Waals surface area contributed by atoms with E-state index in [1.807, 2.05) is 22.9 Å². The van der Waals surface area contributed by atoms with Crippen LogP contribution in [0, 0.1) is 6.92 Å². The fourth-order valence-corrected chi connectivity index (χ4v) is 2.30. The Kier molecular flexibility index (Phi) is 4.79. The van der Waals surface area contributed by atoms with Crippen LogP contribution in [0.15, 0.2) is 30.3 Å². The van der Waals surface area contributed by atoms with Gasteiger partial charge in [-0.25, -0.2) is 4.68 Å². The highest BCUT2D eigenvalue weighted by atomic mass is 15.4. The van der Waals surface area contributed by atoms with Crippen LogP contribution in [0.2, 0.25) is 0 Å². The summed E-state index contributed by atoms with van der Waals surface area (Å²) in [6.07, 6.45) is 0. The molecular weight excluding hydrogens is 248 g/mol. The summed E-state index contributed by atoms with van der Waals surface area (Å²) < 4.78 is 2.05. The number of para-hydroxylation sites is 1. The van der Waals surface area contributed by atoms with Crippen molar-refractivity contribution in [1.82, 2.24) is 15.1 Å². The maximum absolute atomic E-state index is 4.74. The highest BCUT2D eigenvalue weighted by Gasteiger charge is 2.18. The van der Waals surface area contributed by atoms with Gasteiger partial charge < -0.3 is 10.2 Å². The summed E-state index contributed by atoms with van der Waals surface area (Å²) in [4.78, 5) is 2.25. The summed E-state index contributed by atoms with van der Waals surface area (Å²) >= 11 is 0. The Balaban J connectivity index is 2.51. The Hall–Kier alpha value is -1.81. The molecule has 4 heteroatoms. The van der Waals surface area contributed by atoms with Crippen molar-refractivity contribution < 1.29 is 0 Å². The van der Waals surface area contributed by atoms with Crippen LogP contribution in [0.4, 0.5) is 5.82 Å². The second kappa shape index (κ2) is 6.57. The van der Waals surface area contributed by atoms with Gasteiger partial charge >= 0.3 is 0 Å². The van der Waals surface area contributed by atoms with E-state index in [2.05, 4.69) is 50.2 Å². The first-order valence-electron chi connectivity index (χ1n) is 7.24. The van der Waals surface area contributed by atoms with Crippen LogP contribution in [-0.2, 0) is 6.54 Å². The molecule has 0 atom stereocenters. The number of anilines is 1. The third-order valence-corrected chi connectivity index (χ3v) is 3.55. The number of nitrogens with one attached hydrogen (secondary N) is 1. The van der Waals surface area contributed by atoms with Gasteiger partial charge in [-0.3, -0.25) is 0 Å². The molecule has 0 amide bonds. The van der Waals surface area contributed by atoms with Gasteiger partial charge in [0.2, 0.25) is 0 Å². The number of aromatic nitrogens is 2.